The van der Waals surface area contributed by atoms with Gasteiger partial charge >= 0.3 is 5.97 Å². The third kappa shape index (κ3) is 4.98. The third-order valence-corrected chi connectivity index (χ3v) is 4.70. The quantitative estimate of drug-likeness (QED) is 0.467. The van der Waals surface area contributed by atoms with Crippen molar-refractivity contribution in [2.24, 2.45) is 0 Å². The Morgan fingerprint density at radius 2 is 2.00 bits per heavy atom. The summed E-state index contributed by atoms with van der Waals surface area (Å²) in [5, 5.41) is 10.3. The van der Waals surface area contributed by atoms with E-state index in [1.165, 1.54) is 11.8 Å². The Morgan fingerprint density at radius 3 is 2.79 bits per heavy atom. The summed E-state index contributed by atoms with van der Waals surface area (Å²) in [4.78, 5) is 28.4. The number of H-pyrrole nitrogens is 1. The van der Waals surface area contributed by atoms with Gasteiger partial charge in [0.05, 0.1) is 17.9 Å². The molecule has 1 heterocycles. The number of aromatic nitrogens is 3. The molecule has 144 valence electrons. The number of thioether (sulfide) groups is 1. The Balaban J connectivity index is 1.57. The fourth-order valence-electron chi connectivity index (χ4n) is 2.54. The van der Waals surface area contributed by atoms with Crippen LogP contribution in [0.2, 0.25) is 0 Å². The number of aromatic amines is 1. The first-order chi connectivity index (χ1) is 13.6. The van der Waals surface area contributed by atoms with Gasteiger partial charge in [-0.25, -0.2) is 9.78 Å². The minimum absolute atomic E-state index is 0.148. The van der Waals surface area contributed by atoms with Crippen LogP contribution in [0.1, 0.15) is 22.8 Å². The summed E-state index contributed by atoms with van der Waals surface area (Å²) >= 11 is 1.23. The van der Waals surface area contributed by atoms with Crippen LogP contribution in [-0.2, 0) is 9.53 Å². The van der Waals surface area contributed by atoms with Crippen LogP contribution in [0, 0.1) is 6.92 Å². The van der Waals surface area contributed by atoms with Crippen molar-refractivity contribution in [3.05, 3.63) is 59.7 Å². The van der Waals surface area contributed by atoms with Crippen LogP contribution >= 0.6 is 11.8 Å². The van der Waals surface area contributed by atoms with Gasteiger partial charge in [0.25, 0.3) is 0 Å². The lowest BCUT2D eigenvalue weighted by molar-refractivity contribution is -0.113. The van der Waals surface area contributed by atoms with Crippen LogP contribution in [0.15, 0.2) is 53.7 Å². The van der Waals surface area contributed by atoms with Crippen molar-refractivity contribution < 1.29 is 14.3 Å². The SMILES string of the molecule is CCOC(=O)c1cccc(NC(=O)CSc2n[nH]c(-c3ccccc3C)n2)c1. The molecule has 7 nitrogen and oxygen atoms in total. The van der Waals surface area contributed by atoms with Crippen LogP contribution in [0.25, 0.3) is 11.4 Å². The number of anilines is 1. The van der Waals surface area contributed by atoms with Crippen LogP contribution in [0.5, 0.6) is 0 Å². The van der Waals surface area contributed by atoms with E-state index in [0.29, 0.717) is 28.8 Å². The zero-order chi connectivity index (χ0) is 19.9. The predicted octanol–water partition coefficient (Wildman–Crippen LogP) is 3.69. The molecule has 0 unspecified atom stereocenters. The van der Waals surface area contributed by atoms with Crippen molar-refractivity contribution in [1.82, 2.24) is 15.2 Å². The van der Waals surface area contributed by atoms with Gasteiger partial charge < -0.3 is 10.1 Å². The second kappa shape index (κ2) is 9.18. The smallest absolute Gasteiger partial charge is 0.338 e. The molecule has 2 aromatic carbocycles. The molecule has 3 rings (SSSR count). The van der Waals surface area contributed by atoms with Crippen molar-refractivity contribution in [1.29, 1.82) is 0 Å². The van der Waals surface area contributed by atoms with Crippen molar-refractivity contribution >= 4 is 29.3 Å². The number of aryl methyl sites for hydroxylation is 1. The minimum Gasteiger partial charge on any atom is -0.462 e. The average Bonchev–Trinajstić information content (AvgIpc) is 3.16. The van der Waals surface area contributed by atoms with Crippen LogP contribution in [0.3, 0.4) is 0 Å². The van der Waals surface area contributed by atoms with Gasteiger partial charge in [0.1, 0.15) is 0 Å². The highest BCUT2D eigenvalue weighted by Gasteiger charge is 2.12. The maximum Gasteiger partial charge on any atom is 0.338 e. The number of carbonyl (C=O) groups excluding carboxylic acids is 2. The Hall–Kier alpha value is -3.13. The standard InChI is InChI=1S/C20H20N4O3S/c1-3-27-19(26)14-8-6-9-15(11-14)21-17(25)12-28-20-22-18(23-24-20)16-10-5-4-7-13(16)2/h4-11H,3,12H2,1-2H3,(H,21,25)(H,22,23,24). The molecule has 0 atom stereocenters. The second-order valence-electron chi connectivity index (χ2n) is 5.92. The topological polar surface area (TPSA) is 97.0 Å². The molecule has 0 aliphatic rings. The summed E-state index contributed by atoms with van der Waals surface area (Å²) in [6.07, 6.45) is 0. The maximum atomic E-state index is 12.2. The fraction of sp³-hybridized carbons (Fsp3) is 0.200. The summed E-state index contributed by atoms with van der Waals surface area (Å²) in [5.74, 6) is 0.183. The summed E-state index contributed by atoms with van der Waals surface area (Å²) < 4.78 is 4.96. The summed E-state index contributed by atoms with van der Waals surface area (Å²) in [5.41, 5.74) is 2.99. The second-order valence-corrected chi connectivity index (χ2v) is 6.86. The number of benzene rings is 2. The molecule has 28 heavy (non-hydrogen) atoms. The zero-order valence-electron chi connectivity index (χ0n) is 15.6. The lowest BCUT2D eigenvalue weighted by atomic mass is 10.1. The molecular weight excluding hydrogens is 376 g/mol. The molecule has 3 aromatic rings. The van der Waals surface area contributed by atoms with Gasteiger partial charge in [-0.1, -0.05) is 42.1 Å². The first-order valence-electron chi connectivity index (χ1n) is 8.75. The van der Waals surface area contributed by atoms with Gasteiger partial charge in [-0.2, -0.15) is 0 Å². The number of carbonyl (C=O) groups is 2. The number of hydrogen-bond acceptors (Lipinski definition) is 6. The number of nitrogens with zero attached hydrogens (tertiary/aromatic N) is 2. The van der Waals surface area contributed by atoms with Crippen molar-refractivity contribution in [2.75, 3.05) is 17.7 Å². The molecule has 1 amide bonds. The molecule has 0 saturated carbocycles. The van der Waals surface area contributed by atoms with Gasteiger partial charge in [-0.05, 0) is 37.6 Å². The van der Waals surface area contributed by atoms with E-state index in [0.717, 1.165) is 11.1 Å². The summed E-state index contributed by atoms with van der Waals surface area (Å²) in [7, 11) is 0. The highest BCUT2D eigenvalue weighted by molar-refractivity contribution is 7.99. The highest BCUT2D eigenvalue weighted by Crippen LogP contribution is 2.22. The third-order valence-electron chi connectivity index (χ3n) is 3.85. The predicted molar refractivity (Wildman–Crippen MR) is 108 cm³/mol. The number of hydrogen-bond donors (Lipinski definition) is 2. The maximum absolute atomic E-state index is 12.2. The number of nitrogens with one attached hydrogen (secondary N) is 2. The monoisotopic (exact) mass is 396 g/mol. The van der Waals surface area contributed by atoms with E-state index in [1.54, 1.807) is 31.2 Å². The summed E-state index contributed by atoms with van der Waals surface area (Å²) in [6.45, 7) is 4.05. The number of ether oxygens (including phenoxy) is 1. The van der Waals surface area contributed by atoms with Crippen molar-refractivity contribution in [2.45, 2.75) is 19.0 Å². The van der Waals surface area contributed by atoms with Crippen LogP contribution < -0.4 is 5.32 Å². The van der Waals surface area contributed by atoms with Gasteiger partial charge in [-0.3, -0.25) is 9.89 Å². The number of rotatable bonds is 7. The molecule has 0 spiro atoms. The zero-order valence-corrected chi connectivity index (χ0v) is 16.4. The number of amides is 1. The molecular formula is C20H20N4O3S. The molecule has 0 bridgehead atoms. The van der Waals surface area contributed by atoms with Crippen LogP contribution in [-0.4, -0.2) is 39.4 Å². The Morgan fingerprint density at radius 1 is 1.18 bits per heavy atom. The highest BCUT2D eigenvalue weighted by atomic mass is 32.2. The Labute approximate surface area is 166 Å². The number of esters is 1. The molecule has 0 aliphatic heterocycles. The molecule has 0 radical (unpaired) electrons. The lowest BCUT2D eigenvalue weighted by Crippen LogP contribution is -2.14. The van der Waals surface area contributed by atoms with Crippen molar-refractivity contribution in [3.63, 3.8) is 0 Å². The molecule has 1 aromatic heterocycles. The van der Waals surface area contributed by atoms with Gasteiger partial charge in [0.15, 0.2) is 5.82 Å². The largest absolute Gasteiger partial charge is 0.462 e. The molecule has 0 saturated heterocycles. The van der Waals surface area contributed by atoms with E-state index in [1.807, 2.05) is 31.2 Å². The first kappa shape index (κ1) is 19.6. The average molecular weight is 396 g/mol. The lowest BCUT2D eigenvalue weighted by Gasteiger charge is -2.06. The van der Waals surface area contributed by atoms with Gasteiger partial charge in [-0.15, -0.1) is 5.10 Å². The molecule has 2 N–H and O–H groups in total. The van der Waals surface area contributed by atoms with Gasteiger partial charge in [0.2, 0.25) is 11.1 Å². The summed E-state index contributed by atoms with van der Waals surface area (Å²) in [6, 6.07) is 14.5. The van der Waals surface area contributed by atoms with E-state index in [-0.39, 0.29) is 11.7 Å². The normalized spacial score (nSPS) is 10.5. The Bertz CT molecular complexity index is 987. The van der Waals surface area contributed by atoms with Crippen molar-refractivity contribution in [3.8, 4) is 11.4 Å². The van der Waals surface area contributed by atoms with Gasteiger partial charge in [0, 0.05) is 11.3 Å². The van der Waals surface area contributed by atoms with E-state index >= 15 is 0 Å². The van der Waals surface area contributed by atoms with Crippen LogP contribution in [0.4, 0.5) is 5.69 Å². The first-order valence-corrected chi connectivity index (χ1v) is 9.73. The van der Waals surface area contributed by atoms with E-state index in [9.17, 15) is 9.59 Å². The Kier molecular flexibility index (Phi) is 6.44. The van der Waals surface area contributed by atoms with E-state index in [4.69, 9.17) is 4.74 Å². The minimum atomic E-state index is -0.419. The molecule has 0 fully saturated rings. The fourth-order valence-corrected chi connectivity index (χ4v) is 3.13. The van der Waals surface area contributed by atoms with E-state index < -0.39 is 5.97 Å². The molecule has 8 heteroatoms. The molecule has 0 aliphatic carbocycles. The van der Waals surface area contributed by atoms with E-state index in [2.05, 4.69) is 20.5 Å².